The minimum absolute atomic E-state index is 0.0455. The molecule has 0 spiro atoms. The fourth-order valence-electron chi connectivity index (χ4n) is 2.87. The van der Waals surface area contributed by atoms with E-state index in [1.165, 1.54) is 11.1 Å². The lowest BCUT2D eigenvalue weighted by molar-refractivity contribution is -0.125. The largest absolute Gasteiger partial charge is 0.367 e. The van der Waals surface area contributed by atoms with Gasteiger partial charge in [-0.25, -0.2) is 0 Å². The molecule has 110 valence electrons. The number of carbonyl (C=O) groups is 1. The maximum absolute atomic E-state index is 12.1. The number of aromatic nitrogens is 1. The van der Waals surface area contributed by atoms with Crippen LogP contribution in [-0.2, 0) is 11.3 Å². The van der Waals surface area contributed by atoms with Crippen molar-refractivity contribution in [1.29, 1.82) is 0 Å². The summed E-state index contributed by atoms with van der Waals surface area (Å²) in [5.74, 6) is 0.143. The Bertz CT molecular complexity index is 589. The van der Waals surface area contributed by atoms with Gasteiger partial charge in [0.05, 0.1) is 6.04 Å². The quantitative estimate of drug-likeness (QED) is 0.905. The standard InChI is InChI=1S/C17H21N3O/c1-20-10-2-3-16(20)17(21)19-11-13-4-6-14(7-5-13)15-8-9-18-12-15/h4-9,12,16,18H,2-3,10-11H2,1H3,(H,19,21). The molecule has 4 nitrogen and oxygen atoms in total. The summed E-state index contributed by atoms with van der Waals surface area (Å²) in [6, 6.07) is 10.4. The number of hydrogen-bond donors (Lipinski definition) is 2. The molecular weight excluding hydrogens is 262 g/mol. The lowest BCUT2D eigenvalue weighted by Crippen LogP contribution is -2.41. The van der Waals surface area contributed by atoms with E-state index in [9.17, 15) is 4.79 Å². The molecule has 1 amide bonds. The molecule has 0 radical (unpaired) electrons. The number of aromatic amines is 1. The van der Waals surface area contributed by atoms with E-state index in [1.54, 1.807) is 0 Å². The average Bonchev–Trinajstić information content (AvgIpc) is 3.16. The van der Waals surface area contributed by atoms with Crippen LogP contribution in [0.1, 0.15) is 18.4 Å². The number of H-pyrrole nitrogens is 1. The van der Waals surface area contributed by atoms with Crippen molar-refractivity contribution >= 4 is 5.91 Å². The van der Waals surface area contributed by atoms with E-state index >= 15 is 0 Å². The molecular formula is C17H21N3O. The van der Waals surface area contributed by atoms with Gasteiger partial charge in [0.15, 0.2) is 0 Å². The highest BCUT2D eigenvalue weighted by atomic mass is 16.2. The second-order valence-electron chi connectivity index (χ2n) is 5.65. The first-order valence-corrected chi connectivity index (χ1v) is 7.44. The third kappa shape index (κ3) is 3.16. The van der Waals surface area contributed by atoms with Gasteiger partial charge in [0.2, 0.25) is 5.91 Å². The molecule has 1 aliphatic rings. The van der Waals surface area contributed by atoms with Gasteiger partial charge >= 0.3 is 0 Å². The highest BCUT2D eigenvalue weighted by Crippen LogP contribution is 2.19. The first kappa shape index (κ1) is 13.9. The van der Waals surface area contributed by atoms with Crippen LogP contribution in [0.4, 0.5) is 0 Å². The van der Waals surface area contributed by atoms with Crippen LogP contribution in [0.2, 0.25) is 0 Å². The predicted octanol–water partition coefficient (Wildman–Crippen LogP) is 2.39. The summed E-state index contributed by atoms with van der Waals surface area (Å²) in [5, 5.41) is 3.04. The zero-order valence-corrected chi connectivity index (χ0v) is 12.3. The minimum atomic E-state index is 0.0455. The van der Waals surface area contributed by atoms with Crippen LogP contribution in [0.15, 0.2) is 42.7 Å². The summed E-state index contributed by atoms with van der Waals surface area (Å²) in [6.07, 6.45) is 5.98. The smallest absolute Gasteiger partial charge is 0.237 e. The van der Waals surface area contributed by atoms with Gasteiger partial charge in [0.25, 0.3) is 0 Å². The average molecular weight is 283 g/mol. The molecule has 1 unspecified atom stereocenters. The Kier molecular flexibility index (Phi) is 4.06. The van der Waals surface area contributed by atoms with E-state index in [-0.39, 0.29) is 11.9 Å². The Morgan fingerprint density at radius 3 is 2.71 bits per heavy atom. The van der Waals surface area contributed by atoms with Crippen LogP contribution in [-0.4, -0.2) is 35.4 Å². The second kappa shape index (κ2) is 6.14. The van der Waals surface area contributed by atoms with E-state index in [0.717, 1.165) is 24.9 Å². The van der Waals surface area contributed by atoms with Gasteiger partial charge in [0, 0.05) is 18.9 Å². The van der Waals surface area contributed by atoms with Crippen LogP contribution < -0.4 is 5.32 Å². The molecule has 2 N–H and O–H groups in total. The van der Waals surface area contributed by atoms with Gasteiger partial charge in [-0.15, -0.1) is 0 Å². The van der Waals surface area contributed by atoms with E-state index in [4.69, 9.17) is 0 Å². The van der Waals surface area contributed by atoms with Gasteiger partial charge < -0.3 is 10.3 Å². The lowest BCUT2D eigenvalue weighted by atomic mass is 10.1. The van der Waals surface area contributed by atoms with E-state index in [2.05, 4.69) is 39.5 Å². The van der Waals surface area contributed by atoms with Gasteiger partial charge in [-0.3, -0.25) is 9.69 Å². The molecule has 1 saturated heterocycles. The number of likely N-dealkylation sites (tertiary alicyclic amines) is 1. The Morgan fingerprint density at radius 1 is 1.29 bits per heavy atom. The van der Waals surface area contributed by atoms with Crippen LogP contribution in [0.5, 0.6) is 0 Å². The predicted molar refractivity (Wildman–Crippen MR) is 83.7 cm³/mol. The first-order chi connectivity index (χ1) is 10.2. The minimum Gasteiger partial charge on any atom is -0.367 e. The highest BCUT2D eigenvalue weighted by Gasteiger charge is 2.27. The van der Waals surface area contributed by atoms with Crippen molar-refractivity contribution in [3.63, 3.8) is 0 Å². The molecule has 2 heterocycles. The van der Waals surface area contributed by atoms with Crippen LogP contribution >= 0.6 is 0 Å². The van der Waals surface area contributed by atoms with Crippen LogP contribution in [0.25, 0.3) is 11.1 Å². The third-order valence-electron chi connectivity index (χ3n) is 4.18. The summed E-state index contributed by atoms with van der Waals surface area (Å²) in [4.78, 5) is 17.3. The SMILES string of the molecule is CN1CCCC1C(=O)NCc1ccc(-c2cc[nH]c2)cc1. The molecule has 1 fully saturated rings. The maximum atomic E-state index is 12.1. The third-order valence-corrected chi connectivity index (χ3v) is 4.18. The summed E-state index contributed by atoms with van der Waals surface area (Å²) in [6.45, 7) is 1.61. The van der Waals surface area contributed by atoms with Crippen molar-refractivity contribution in [3.05, 3.63) is 48.3 Å². The van der Waals surface area contributed by atoms with E-state index in [0.29, 0.717) is 6.54 Å². The Labute approximate surface area is 125 Å². The second-order valence-corrected chi connectivity index (χ2v) is 5.65. The molecule has 0 aliphatic carbocycles. The summed E-state index contributed by atoms with van der Waals surface area (Å²) in [5.41, 5.74) is 3.49. The number of rotatable bonds is 4. The zero-order valence-electron chi connectivity index (χ0n) is 12.3. The first-order valence-electron chi connectivity index (χ1n) is 7.44. The van der Waals surface area contributed by atoms with Gasteiger partial charge in [0.1, 0.15) is 0 Å². The van der Waals surface area contributed by atoms with Crippen LogP contribution in [0, 0.1) is 0 Å². The number of nitrogens with zero attached hydrogens (tertiary/aromatic N) is 1. The fraction of sp³-hybridized carbons (Fsp3) is 0.353. The lowest BCUT2D eigenvalue weighted by Gasteiger charge is -2.18. The molecule has 1 aromatic carbocycles. The number of carbonyl (C=O) groups excluding carboxylic acids is 1. The normalized spacial score (nSPS) is 18.8. The maximum Gasteiger partial charge on any atom is 0.237 e. The topological polar surface area (TPSA) is 48.1 Å². The Hall–Kier alpha value is -2.07. The van der Waals surface area contributed by atoms with E-state index < -0.39 is 0 Å². The monoisotopic (exact) mass is 283 g/mol. The number of likely N-dealkylation sites (N-methyl/N-ethyl adjacent to an activating group) is 1. The molecule has 2 aromatic rings. The molecule has 0 saturated carbocycles. The molecule has 3 rings (SSSR count). The van der Waals surface area contributed by atoms with Crippen molar-refractivity contribution in [2.45, 2.75) is 25.4 Å². The molecule has 1 aliphatic heterocycles. The van der Waals surface area contributed by atoms with E-state index in [1.807, 2.05) is 25.5 Å². The summed E-state index contributed by atoms with van der Waals surface area (Å²) < 4.78 is 0. The van der Waals surface area contributed by atoms with Gasteiger partial charge in [-0.05, 0) is 49.2 Å². The molecule has 1 aromatic heterocycles. The molecule has 21 heavy (non-hydrogen) atoms. The molecule has 0 bridgehead atoms. The van der Waals surface area contributed by atoms with Crippen molar-refractivity contribution in [1.82, 2.24) is 15.2 Å². The number of nitrogens with one attached hydrogen (secondary N) is 2. The highest BCUT2D eigenvalue weighted by molar-refractivity contribution is 5.82. The summed E-state index contributed by atoms with van der Waals surface area (Å²) in [7, 11) is 2.02. The van der Waals surface area contributed by atoms with Crippen molar-refractivity contribution in [2.24, 2.45) is 0 Å². The van der Waals surface area contributed by atoms with Gasteiger partial charge in [-0.1, -0.05) is 24.3 Å². The fourth-order valence-corrected chi connectivity index (χ4v) is 2.87. The van der Waals surface area contributed by atoms with Crippen molar-refractivity contribution in [2.75, 3.05) is 13.6 Å². The van der Waals surface area contributed by atoms with Crippen molar-refractivity contribution in [3.8, 4) is 11.1 Å². The van der Waals surface area contributed by atoms with Crippen molar-refractivity contribution < 1.29 is 4.79 Å². The number of benzene rings is 1. The van der Waals surface area contributed by atoms with Gasteiger partial charge in [-0.2, -0.15) is 0 Å². The Morgan fingerprint density at radius 2 is 2.10 bits per heavy atom. The van der Waals surface area contributed by atoms with Crippen LogP contribution in [0.3, 0.4) is 0 Å². The molecule has 4 heteroatoms. The number of amides is 1. The summed E-state index contributed by atoms with van der Waals surface area (Å²) >= 11 is 0. The molecule has 1 atom stereocenters. The number of hydrogen-bond acceptors (Lipinski definition) is 2. The Balaban J connectivity index is 1.57. The zero-order chi connectivity index (χ0) is 14.7.